The molecule has 1 amide bonds. The van der Waals surface area contributed by atoms with Gasteiger partial charge in [-0.25, -0.2) is 0 Å². The Morgan fingerprint density at radius 1 is 0.471 bits per heavy atom. The summed E-state index contributed by atoms with van der Waals surface area (Å²) in [6, 6.07) is -0.808. The van der Waals surface area contributed by atoms with Crippen molar-refractivity contribution in [2.24, 2.45) is 0 Å². The summed E-state index contributed by atoms with van der Waals surface area (Å²) in [6.45, 7) is 3.80. The van der Waals surface area contributed by atoms with Gasteiger partial charge < -0.3 is 40.3 Å². The number of hydrogen-bond acceptors (Lipinski definition) is 8. The molecule has 7 atom stereocenters. The minimum atomic E-state index is -1.57. The summed E-state index contributed by atoms with van der Waals surface area (Å²) in [5.41, 5.74) is 0. The molecular weight excluding hydrogens is 875 g/mol. The van der Waals surface area contributed by atoms with Crippen LogP contribution < -0.4 is 5.32 Å². The van der Waals surface area contributed by atoms with Gasteiger partial charge in [-0.15, -0.1) is 0 Å². The topological polar surface area (TPSA) is 149 Å². The average Bonchev–Trinajstić information content (AvgIpc) is 3.36. The number of rotatable bonds is 53. The fraction of sp³-hybridized carbons (Fsp3) is 0.918. The monoisotopic (exact) mass is 992 g/mol. The molecule has 1 aliphatic rings. The zero-order valence-electron chi connectivity index (χ0n) is 46.0. The highest BCUT2D eigenvalue weighted by Gasteiger charge is 2.44. The van der Waals surface area contributed by atoms with Gasteiger partial charge in [0.15, 0.2) is 6.29 Å². The van der Waals surface area contributed by atoms with E-state index in [4.69, 9.17) is 9.47 Å². The standard InChI is InChI=1S/C61H117NO8/c1-3-5-7-9-11-13-15-17-19-20-21-22-23-24-25-26-27-28-29-30-31-32-33-34-35-37-38-40-42-44-46-48-50-55(64)54(53-69-61-60(68)59(67)58(66)56(52-63)70-61)62-57(65)51-49-47-45-43-41-39-36-18-16-14-12-10-8-6-4-2/h18,36,48,50,54-56,58-61,63-64,66-68H,3-17,19-35,37-47,49,51-53H2,1-2H3,(H,62,65)/b36-18-,50-48+. The van der Waals surface area contributed by atoms with Gasteiger partial charge in [0.1, 0.15) is 24.4 Å². The molecule has 0 radical (unpaired) electrons. The zero-order chi connectivity index (χ0) is 50.8. The summed E-state index contributed by atoms with van der Waals surface area (Å²) in [5.74, 6) is -0.182. The highest BCUT2D eigenvalue weighted by atomic mass is 16.7. The van der Waals surface area contributed by atoms with E-state index in [1.54, 1.807) is 6.08 Å². The van der Waals surface area contributed by atoms with Crippen LogP contribution in [0, 0.1) is 0 Å². The van der Waals surface area contributed by atoms with Crippen LogP contribution in [-0.2, 0) is 14.3 Å². The van der Waals surface area contributed by atoms with Crippen LogP contribution in [0.15, 0.2) is 24.3 Å². The third kappa shape index (κ3) is 40.1. The van der Waals surface area contributed by atoms with E-state index < -0.39 is 49.5 Å². The van der Waals surface area contributed by atoms with E-state index in [2.05, 4.69) is 31.3 Å². The van der Waals surface area contributed by atoms with Crippen LogP contribution in [0.3, 0.4) is 0 Å². The molecule has 0 aromatic rings. The molecule has 0 aliphatic carbocycles. The molecule has 7 unspecified atom stereocenters. The smallest absolute Gasteiger partial charge is 0.220 e. The van der Waals surface area contributed by atoms with Crippen molar-refractivity contribution in [2.75, 3.05) is 13.2 Å². The summed E-state index contributed by atoms with van der Waals surface area (Å²) >= 11 is 0. The molecule has 0 spiro atoms. The number of unbranched alkanes of at least 4 members (excludes halogenated alkanes) is 41. The van der Waals surface area contributed by atoms with Crippen molar-refractivity contribution in [1.29, 1.82) is 0 Å². The fourth-order valence-electron chi connectivity index (χ4n) is 9.92. The molecule has 0 aromatic heterocycles. The molecule has 1 aliphatic heterocycles. The van der Waals surface area contributed by atoms with Crippen molar-refractivity contribution >= 4 is 5.91 Å². The Bertz CT molecular complexity index is 1150. The van der Waals surface area contributed by atoms with Gasteiger partial charge in [0.05, 0.1) is 25.4 Å². The van der Waals surface area contributed by atoms with Crippen molar-refractivity contribution in [3.8, 4) is 0 Å². The molecule has 414 valence electrons. The van der Waals surface area contributed by atoms with Crippen LogP contribution in [0.4, 0.5) is 0 Å². The molecule has 1 saturated heterocycles. The number of nitrogens with one attached hydrogen (secondary N) is 1. The number of amides is 1. The van der Waals surface area contributed by atoms with Crippen LogP contribution >= 0.6 is 0 Å². The van der Waals surface area contributed by atoms with Crippen molar-refractivity contribution in [1.82, 2.24) is 5.32 Å². The van der Waals surface area contributed by atoms with E-state index in [1.807, 2.05) is 6.08 Å². The minimum Gasteiger partial charge on any atom is -0.394 e. The number of carbonyl (C=O) groups is 1. The second-order valence-corrected chi connectivity index (χ2v) is 21.5. The summed E-state index contributed by atoms with van der Waals surface area (Å²) in [5, 5.41) is 54.5. The lowest BCUT2D eigenvalue weighted by atomic mass is 9.99. The van der Waals surface area contributed by atoms with Crippen LogP contribution in [0.25, 0.3) is 0 Å². The quantitative estimate of drug-likeness (QED) is 0.0261. The predicted octanol–water partition coefficient (Wildman–Crippen LogP) is 15.4. The van der Waals surface area contributed by atoms with E-state index in [-0.39, 0.29) is 12.5 Å². The van der Waals surface area contributed by atoms with E-state index >= 15 is 0 Å². The Morgan fingerprint density at radius 2 is 0.800 bits per heavy atom. The maximum Gasteiger partial charge on any atom is 0.220 e. The first-order valence-electron chi connectivity index (χ1n) is 30.6. The van der Waals surface area contributed by atoms with E-state index in [0.29, 0.717) is 6.42 Å². The second-order valence-electron chi connectivity index (χ2n) is 21.5. The Morgan fingerprint density at radius 3 is 1.16 bits per heavy atom. The Balaban J connectivity index is 2.14. The first kappa shape index (κ1) is 66.7. The minimum absolute atomic E-state index is 0.182. The average molecular weight is 993 g/mol. The highest BCUT2D eigenvalue weighted by Crippen LogP contribution is 2.23. The first-order chi connectivity index (χ1) is 34.3. The Hall–Kier alpha value is -1.33. The predicted molar refractivity (Wildman–Crippen MR) is 295 cm³/mol. The molecule has 9 heteroatoms. The van der Waals surface area contributed by atoms with Gasteiger partial charge >= 0.3 is 0 Å². The van der Waals surface area contributed by atoms with Crippen LogP contribution in [0.1, 0.15) is 303 Å². The molecule has 1 rings (SSSR count). The van der Waals surface area contributed by atoms with Gasteiger partial charge in [-0.3, -0.25) is 4.79 Å². The SMILES string of the molecule is CCCCCCCC/C=C\CCCCCCCC(=O)NC(COC1OC(CO)C(O)C(O)C1O)C(O)/C=C/CCCCCCCCCCCCCCCCCCCCCCCCCCCCCCCC. The first-order valence-corrected chi connectivity index (χ1v) is 30.6. The maximum atomic E-state index is 13.0. The lowest BCUT2D eigenvalue weighted by Crippen LogP contribution is -2.60. The second kappa shape index (κ2) is 51.2. The van der Waals surface area contributed by atoms with E-state index in [1.165, 1.54) is 225 Å². The van der Waals surface area contributed by atoms with Crippen LogP contribution in [0.5, 0.6) is 0 Å². The molecule has 9 nitrogen and oxygen atoms in total. The summed E-state index contributed by atoms with van der Waals surface area (Å²) in [4.78, 5) is 13.0. The van der Waals surface area contributed by atoms with Gasteiger partial charge in [0.25, 0.3) is 0 Å². The van der Waals surface area contributed by atoms with Crippen molar-refractivity contribution in [2.45, 2.75) is 346 Å². The highest BCUT2D eigenvalue weighted by molar-refractivity contribution is 5.76. The molecule has 0 aromatic carbocycles. The largest absolute Gasteiger partial charge is 0.394 e. The molecule has 1 heterocycles. The summed E-state index contributed by atoms with van der Waals surface area (Å²) in [7, 11) is 0. The molecular formula is C61H117NO8. The third-order valence-corrected chi connectivity index (χ3v) is 14.8. The normalized spacial score (nSPS) is 19.4. The van der Waals surface area contributed by atoms with Crippen LogP contribution in [0.2, 0.25) is 0 Å². The lowest BCUT2D eigenvalue weighted by Gasteiger charge is -2.40. The molecule has 0 saturated carbocycles. The van der Waals surface area contributed by atoms with E-state index in [9.17, 15) is 30.3 Å². The van der Waals surface area contributed by atoms with Gasteiger partial charge in [0, 0.05) is 6.42 Å². The van der Waals surface area contributed by atoms with Gasteiger partial charge in [-0.1, -0.05) is 276 Å². The Kier molecular flexibility index (Phi) is 48.7. The van der Waals surface area contributed by atoms with Gasteiger partial charge in [0.2, 0.25) is 5.91 Å². The molecule has 70 heavy (non-hydrogen) atoms. The third-order valence-electron chi connectivity index (χ3n) is 14.8. The molecule has 6 N–H and O–H groups in total. The van der Waals surface area contributed by atoms with Crippen molar-refractivity contribution in [3.05, 3.63) is 24.3 Å². The van der Waals surface area contributed by atoms with Gasteiger partial charge in [-0.2, -0.15) is 0 Å². The number of aliphatic hydroxyl groups excluding tert-OH is 5. The fourth-order valence-corrected chi connectivity index (χ4v) is 9.92. The maximum absolute atomic E-state index is 13.0. The molecule has 1 fully saturated rings. The number of hydrogen-bond donors (Lipinski definition) is 6. The number of carbonyl (C=O) groups excluding carboxylic acids is 1. The van der Waals surface area contributed by atoms with Crippen LogP contribution in [-0.4, -0.2) is 87.5 Å². The zero-order valence-corrected chi connectivity index (χ0v) is 46.0. The van der Waals surface area contributed by atoms with Crippen molar-refractivity contribution in [3.63, 3.8) is 0 Å². The summed E-state index contributed by atoms with van der Waals surface area (Å²) < 4.78 is 11.3. The lowest BCUT2D eigenvalue weighted by molar-refractivity contribution is -0.302. The van der Waals surface area contributed by atoms with E-state index in [0.717, 1.165) is 57.8 Å². The van der Waals surface area contributed by atoms with Gasteiger partial charge in [-0.05, 0) is 44.9 Å². The number of ether oxygens (including phenoxy) is 2. The number of aliphatic hydroxyl groups is 5. The molecule has 0 bridgehead atoms. The summed E-state index contributed by atoms with van der Waals surface area (Å²) in [6.07, 6.45) is 58.4. The van der Waals surface area contributed by atoms with Crippen molar-refractivity contribution < 1.29 is 39.8 Å². The number of allylic oxidation sites excluding steroid dienone is 3. The Labute approximate surface area is 432 Å².